The number of hydrogen-bond acceptors (Lipinski definition) is 3. The molecule has 2 atom stereocenters. The molecule has 0 aliphatic carbocycles. The third-order valence-corrected chi connectivity index (χ3v) is 4.02. The van der Waals surface area contributed by atoms with Gasteiger partial charge in [-0.1, -0.05) is 66.7 Å². The van der Waals surface area contributed by atoms with Gasteiger partial charge < -0.3 is 4.74 Å². The van der Waals surface area contributed by atoms with Gasteiger partial charge in [0.15, 0.2) is 0 Å². The summed E-state index contributed by atoms with van der Waals surface area (Å²) in [5, 5.41) is 2.09. The Kier molecular flexibility index (Phi) is 5.59. The van der Waals surface area contributed by atoms with E-state index in [1.54, 1.807) is 6.08 Å². The number of hydroxylamine groups is 2. The van der Waals surface area contributed by atoms with Crippen molar-refractivity contribution in [1.29, 1.82) is 0 Å². The summed E-state index contributed by atoms with van der Waals surface area (Å²) in [6.45, 7) is 5.62. The van der Waals surface area contributed by atoms with Gasteiger partial charge in [-0.25, -0.2) is 0 Å². The van der Waals surface area contributed by atoms with Crippen LogP contribution in [0.5, 0.6) is 0 Å². The van der Waals surface area contributed by atoms with Crippen LogP contribution in [0.3, 0.4) is 0 Å². The molecule has 0 N–H and O–H groups in total. The largest absolute Gasteiger partial charge is 0.375 e. The van der Waals surface area contributed by atoms with Crippen molar-refractivity contribution >= 4 is 0 Å². The van der Waals surface area contributed by atoms with Crippen molar-refractivity contribution < 1.29 is 9.57 Å². The van der Waals surface area contributed by atoms with Gasteiger partial charge in [-0.15, -0.1) is 6.58 Å². The van der Waals surface area contributed by atoms with Crippen molar-refractivity contribution in [3.63, 3.8) is 0 Å². The zero-order chi connectivity index (χ0) is 15.9. The minimum atomic E-state index is 0.0869. The molecule has 1 fully saturated rings. The first kappa shape index (κ1) is 15.9. The van der Waals surface area contributed by atoms with E-state index < -0.39 is 0 Å². The van der Waals surface area contributed by atoms with Crippen molar-refractivity contribution in [2.45, 2.75) is 25.1 Å². The first-order valence-electron chi connectivity index (χ1n) is 8.07. The maximum atomic E-state index is 6.15. The van der Waals surface area contributed by atoms with E-state index in [1.807, 2.05) is 12.1 Å². The van der Waals surface area contributed by atoms with E-state index in [2.05, 4.69) is 60.2 Å². The number of ether oxygens (including phenoxy) is 1. The molecular weight excluding hydrogens is 286 g/mol. The molecule has 0 amide bonds. The van der Waals surface area contributed by atoms with Crippen LogP contribution >= 0.6 is 0 Å². The Hall–Kier alpha value is -1.94. The maximum absolute atomic E-state index is 6.15. The van der Waals surface area contributed by atoms with Gasteiger partial charge in [0, 0.05) is 6.54 Å². The first-order valence-corrected chi connectivity index (χ1v) is 8.07. The lowest BCUT2D eigenvalue weighted by molar-refractivity contribution is -0.181. The molecule has 1 heterocycles. The van der Waals surface area contributed by atoms with Crippen LogP contribution in [0.2, 0.25) is 0 Å². The van der Waals surface area contributed by atoms with Crippen LogP contribution in [0.4, 0.5) is 0 Å². The molecule has 120 valence electrons. The summed E-state index contributed by atoms with van der Waals surface area (Å²) >= 11 is 0. The predicted molar refractivity (Wildman–Crippen MR) is 91.7 cm³/mol. The quantitative estimate of drug-likeness (QED) is 0.567. The van der Waals surface area contributed by atoms with Crippen LogP contribution < -0.4 is 0 Å². The fraction of sp³-hybridized carbons (Fsp3) is 0.300. The van der Waals surface area contributed by atoms with Crippen molar-refractivity contribution in [2.24, 2.45) is 0 Å². The molecule has 23 heavy (non-hydrogen) atoms. The normalized spacial score (nSPS) is 21.4. The van der Waals surface area contributed by atoms with Crippen LogP contribution in [0.1, 0.15) is 23.6 Å². The molecule has 0 unspecified atom stereocenters. The first-order chi connectivity index (χ1) is 11.4. The molecular formula is C20H23NO2. The molecule has 1 aliphatic rings. The van der Waals surface area contributed by atoms with Crippen LogP contribution in [-0.4, -0.2) is 24.4 Å². The molecule has 1 saturated heterocycles. The molecule has 2 aromatic carbocycles. The highest BCUT2D eigenvalue weighted by molar-refractivity contribution is 5.21. The van der Waals surface area contributed by atoms with Crippen LogP contribution in [-0.2, 0) is 16.1 Å². The highest BCUT2D eigenvalue weighted by atomic mass is 16.7. The highest BCUT2D eigenvalue weighted by Gasteiger charge is 2.34. The van der Waals surface area contributed by atoms with E-state index in [0.29, 0.717) is 13.2 Å². The molecule has 1 aliphatic heterocycles. The lowest BCUT2D eigenvalue weighted by atomic mass is 10.0. The average molecular weight is 309 g/mol. The smallest absolute Gasteiger partial charge is 0.105 e. The van der Waals surface area contributed by atoms with E-state index in [4.69, 9.17) is 9.57 Å². The van der Waals surface area contributed by atoms with Gasteiger partial charge in [-0.05, 0) is 17.5 Å². The number of hydrogen-bond donors (Lipinski definition) is 0. The number of benzene rings is 2. The molecule has 3 heteroatoms. The predicted octanol–water partition coefficient (Wildman–Crippen LogP) is 4.14. The molecule has 0 bridgehead atoms. The molecule has 0 aromatic heterocycles. The van der Waals surface area contributed by atoms with Crippen molar-refractivity contribution in [1.82, 2.24) is 5.06 Å². The summed E-state index contributed by atoms with van der Waals surface area (Å²) in [7, 11) is 0. The zero-order valence-corrected chi connectivity index (χ0v) is 13.3. The Labute approximate surface area is 138 Å². The molecule has 2 aromatic rings. The molecule has 0 radical (unpaired) electrons. The van der Waals surface area contributed by atoms with Gasteiger partial charge in [-0.3, -0.25) is 4.84 Å². The van der Waals surface area contributed by atoms with Gasteiger partial charge in [0.05, 0.1) is 19.3 Å². The lowest BCUT2D eigenvalue weighted by Crippen LogP contribution is -2.23. The highest BCUT2D eigenvalue weighted by Crippen LogP contribution is 2.35. The molecule has 3 nitrogen and oxygen atoms in total. The maximum Gasteiger partial charge on any atom is 0.105 e. The van der Waals surface area contributed by atoms with Crippen LogP contribution in [0.25, 0.3) is 0 Å². The molecule has 3 rings (SSSR count). The minimum Gasteiger partial charge on any atom is -0.375 e. The summed E-state index contributed by atoms with van der Waals surface area (Å²) in [4.78, 5) is 6.15. The van der Waals surface area contributed by atoms with E-state index >= 15 is 0 Å². The Morgan fingerprint density at radius 1 is 1.09 bits per heavy atom. The Morgan fingerprint density at radius 2 is 1.78 bits per heavy atom. The monoisotopic (exact) mass is 309 g/mol. The standard InChI is InChI=1S/C20H23NO2/c1-2-13-22-16-19-14-20(18-11-7-4-8-12-18)21(23-19)15-17-9-5-3-6-10-17/h2-12,19-20H,1,13-16H2/t19-,20+/m0/s1. The molecule has 0 saturated carbocycles. The number of rotatable bonds is 7. The zero-order valence-electron chi connectivity index (χ0n) is 13.3. The van der Waals surface area contributed by atoms with Crippen molar-refractivity contribution in [2.75, 3.05) is 13.2 Å². The second-order valence-corrected chi connectivity index (χ2v) is 5.78. The summed E-state index contributed by atoms with van der Waals surface area (Å²) in [6.07, 6.45) is 2.79. The summed E-state index contributed by atoms with van der Waals surface area (Å²) < 4.78 is 5.58. The van der Waals surface area contributed by atoms with E-state index in [-0.39, 0.29) is 12.1 Å². The Balaban J connectivity index is 1.72. The van der Waals surface area contributed by atoms with Crippen LogP contribution in [0.15, 0.2) is 73.3 Å². The van der Waals surface area contributed by atoms with Gasteiger partial charge in [-0.2, -0.15) is 5.06 Å². The van der Waals surface area contributed by atoms with E-state index in [1.165, 1.54) is 11.1 Å². The number of nitrogens with zero attached hydrogens (tertiary/aromatic N) is 1. The summed E-state index contributed by atoms with van der Waals surface area (Å²) in [5.41, 5.74) is 2.54. The third kappa shape index (κ3) is 4.29. The Bertz CT molecular complexity index is 600. The summed E-state index contributed by atoms with van der Waals surface area (Å²) in [5.74, 6) is 0. The van der Waals surface area contributed by atoms with E-state index in [9.17, 15) is 0 Å². The lowest BCUT2D eigenvalue weighted by Gasteiger charge is -2.23. The van der Waals surface area contributed by atoms with E-state index in [0.717, 1.165) is 13.0 Å². The van der Waals surface area contributed by atoms with Gasteiger partial charge >= 0.3 is 0 Å². The summed E-state index contributed by atoms with van der Waals surface area (Å²) in [6, 6.07) is 21.2. The molecule has 0 spiro atoms. The fourth-order valence-electron chi connectivity index (χ4n) is 2.94. The van der Waals surface area contributed by atoms with Gasteiger partial charge in [0.25, 0.3) is 0 Å². The topological polar surface area (TPSA) is 21.7 Å². The third-order valence-electron chi connectivity index (χ3n) is 4.02. The fourth-order valence-corrected chi connectivity index (χ4v) is 2.94. The van der Waals surface area contributed by atoms with Crippen LogP contribution in [0, 0.1) is 0 Å². The second kappa shape index (κ2) is 8.06. The van der Waals surface area contributed by atoms with Gasteiger partial charge in [0.1, 0.15) is 6.10 Å². The minimum absolute atomic E-state index is 0.0869. The SMILES string of the molecule is C=CCOC[C@@H]1C[C@H](c2ccccc2)N(Cc2ccccc2)O1. The van der Waals surface area contributed by atoms with Crippen molar-refractivity contribution in [3.8, 4) is 0 Å². The Morgan fingerprint density at radius 3 is 2.48 bits per heavy atom. The van der Waals surface area contributed by atoms with Crippen molar-refractivity contribution in [3.05, 3.63) is 84.4 Å². The second-order valence-electron chi connectivity index (χ2n) is 5.78. The van der Waals surface area contributed by atoms with Gasteiger partial charge in [0.2, 0.25) is 0 Å². The average Bonchev–Trinajstić information content (AvgIpc) is 2.99.